The number of hydrogen-bond acceptors (Lipinski definition) is 3. The van der Waals surface area contributed by atoms with Gasteiger partial charge in [-0.15, -0.1) is 0 Å². The van der Waals surface area contributed by atoms with E-state index >= 15 is 0 Å². The van der Waals surface area contributed by atoms with Crippen LogP contribution in [-0.4, -0.2) is 41.2 Å². The highest BCUT2D eigenvalue weighted by molar-refractivity contribution is 5.96. The Morgan fingerprint density at radius 1 is 1.07 bits per heavy atom. The number of amides is 1. The van der Waals surface area contributed by atoms with Gasteiger partial charge in [-0.1, -0.05) is 18.2 Å². The zero-order chi connectivity index (χ0) is 19.5. The van der Waals surface area contributed by atoms with E-state index in [1.807, 2.05) is 0 Å². The van der Waals surface area contributed by atoms with Crippen LogP contribution < -0.4 is 5.32 Å². The minimum atomic E-state index is -0.0129. The normalized spacial score (nSPS) is 15.6. The SMILES string of the molecule is CC(=O)c1ccc(NC(=O)CN2CCC(c3c[nH]c4ccccc34)CC2)cc1. The van der Waals surface area contributed by atoms with Crippen molar-refractivity contribution in [2.75, 3.05) is 25.0 Å². The summed E-state index contributed by atoms with van der Waals surface area (Å²) in [5.41, 5.74) is 3.96. The molecule has 1 saturated heterocycles. The number of aromatic nitrogens is 1. The number of H-pyrrole nitrogens is 1. The van der Waals surface area contributed by atoms with Crippen molar-refractivity contribution in [1.29, 1.82) is 0 Å². The lowest BCUT2D eigenvalue weighted by Crippen LogP contribution is -2.38. The average Bonchev–Trinajstić information content (AvgIpc) is 3.13. The quantitative estimate of drug-likeness (QED) is 0.657. The summed E-state index contributed by atoms with van der Waals surface area (Å²) < 4.78 is 0. The van der Waals surface area contributed by atoms with Crippen molar-refractivity contribution < 1.29 is 9.59 Å². The molecule has 4 rings (SSSR count). The third kappa shape index (κ3) is 3.99. The summed E-state index contributed by atoms with van der Waals surface area (Å²) in [6, 6.07) is 15.5. The van der Waals surface area contributed by atoms with E-state index in [9.17, 15) is 9.59 Å². The van der Waals surface area contributed by atoms with E-state index in [0.29, 0.717) is 18.0 Å². The van der Waals surface area contributed by atoms with Crippen LogP contribution in [0.1, 0.15) is 41.6 Å². The Labute approximate surface area is 164 Å². The summed E-state index contributed by atoms with van der Waals surface area (Å²) in [6.45, 7) is 3.77. The predicted octanol–water partition coefficient (Wildman–Crippen LogP) is 4.19. The largest absolute Gasteiger partial charge is 0.361 e. The van der Waals surface area contributed by atoms with Crippen molar-refractivity contribution in [1.82, 2.24) is 9.88 Å². The first-order chi connectivity index (χ1) is 13.6. The lowest BCUT2D eigenvalue weighted by Gasteiger charge is -2.31. The third-order valence-corrected chi connectivity index (χ3v) is 5.59. The van der Waals surface area contributed by atoms with Gasteiger partial charge < -0.3 is 10.3 Å². The summed E-state index contributed by atoms with van der Waals surface area (Å²) in [5, 5.41) is 4.23. The molecule has 2 aromatic carbocycles. The summed E-state index contributed by atoms with van der Waals surface area (Å²) in [5.74, 6) is 0.548. The van der Waals surface area contributed by atoms with E-state index in [2.05, 4.69) is 45.7 Å². The van der Waals surface area contributed by atoms with E-state index in [-0.39, 0.29) is 11.7 Å². The Kier molecular flexibility index (Phi) is 5.26. The first-order valence-electron chi connectivity index (χ1n) is 9.79. The molecule has 1 aromatic heterocycles. The molecule has 1 aliphatic heterocycles. The highest BCUT2D eigenvalue weighted by atomic mass is 16.2. The molecule has 0 aliphatic carbocycles. The average molecular weight is 375 g/mol. The van der Waals surface area contributed by atoms with Crippen molar-refractivity contribution in [3.63, 3.8) is 0 Å². The van der Waals surface area contributed by atoms with Gasteiger partial charge in [0, 0.05) is 28.4 Å². The minimum Gasteiger partial charge on any atom is -0.361 e. The number of nitrogens with one attached hydrogen (secondary N) is 2. The molecule has 5 heteroatoms. The van der Waals surface area contributed by atoms with Gasteiger partial charge in [0.05, 0.1) is 6.54 Å². The van der Waals surface area contributed by atoms with Crippen LogP contribution >= 0.6 is 0 Å². The van der Waals surface area contributed by atoms with Crippen molar-refractivity contribution in [3.05, 3.63) is 65.9 Å². The van der Waals surface area contributed by atoms with Crippen LogP contribution in [0.2, 0.25) is 0 Å². The highest BCUT2D eigenvalue weighted by Crippen LogP contribution is 2.32. The zero-order valence-electron chi connectivity index (χ0n) is 16.1. The maximum Gasteiger partial charge on any atom is 0.238 e. The van der Waals surface area contributed by atoms with Crippen molar-refractivity contribution >= 4 is 28.3 Å². The maximum absolute atomic E-state index is 12.4. The lowest BCUT2D eigenvalue weighted by atomic mass is 9.89. The van der Waals surface area contributed by atoms with Crippen LogP contribution in [0.25, 0.3) is 10.9 Å². The van der Waals surface area contributed by atoms with Gasteiger partial charge >= 0.3 is 0 Å². The maximum atomic E-state index is 12.4. The number of likely N-dealkylation sites (tertiary alicyclic amines) is 1. The Morgan fingerprint density at radius 3 is 2.50 bits per heavy atom. The van der Waals surface area contributed by atoms with Gasteiger partial charge in [-0.05, 0) is 74.7 Å². The lowest BCUT2D eigenvalue weighted by molar-refractivity contribution is -0.117. The highest BCUT2D eigenvalue weighted by Gasteiger charge is 2.23. The molecule has 0 bridgehead atoms. The third-order valence-electron chi connectivity index (χ3n) is 5.59. The van der Waals surface area contributed by atoms with Crippen LogP contribution in [0, 0.1) is 0 Å². The molecule has 1 aliphatic rings. The van der Waals surface area contributed by atoms with E-state index < -0.39 is 0 Å². The van der Waals surface area contributed by atoms with Crippen molar-refractivity contribution in [3.8, 4) is 0 Å². The summed E-state index contributed by atoms with van der Waals surface area (Å²) in [7, 11) is 0. The van der Waals surface area contributed by atoms with E-state index in [0.717, 1.165) is 31.6 Å². The number of rotatable bonds is 5. The zero-order valence-corrected chi connectivity index (χ0v) is 16.1. The van der Waals surface area contributed by atoms with Crippen LogP contribution in [0.5, 0.6) is 0 Å². The monoisotopic (exact) mass is 375 g/mol. The fourth-order valence-electron chi connectivity index (χ4n) is 4.03. The number of benzene rings is 2. The predicted molar refractivity (Wildman–Crippen MR) is 112 cm³/mol. The van der Waals surface area contributed by atoms with E-state index in [1.54, 1.807) is 24.3 Å². The second kappa shape index (κ2) is 7.98. The molecule has 144 valence electrons. The number of ketones is 1. The number of para-hydroxylation sites is 1. The number of fused-ring (bicyclic) bond motifs is 1. The fraction of sp³-hybridized carbons (Fsp3) is 0.304. The van der Waals surface area contributed by atoms with Gasteiger partial charge in [-0.3, -0.25) is 14.5 Å². The smallest absolute Gasteiger partial charge is 0.238 e. The number of piperidine rings is 1. The van der Waals surface area contributed by atoms with Crippen LogP contribution in [0.4, 0.5) is 5.69 Å². The Hall–Kier alpha value is -2.92. The molecule has 28 heavy (non-hydrogen) atoms. The van der Waals surface area contributed by atoms with Crippen LogP contribution in [0.3, 0.4) is 0 Å². The summed E-state index contributed by atoms with van der Waals surface area (Å²) in [4.78, 5) is 29.3. The fourth-order valence-corrected chi connectivity index (χ4v) is 4.03. The number of hydrogen-bond donors (Lipinski definition) is 2. The second-order valence-electron chi connectivity index (χ2n) is 7.52. The number of carbonyl (C=O) groups is 2. The standard InChI is InChI=1S/C23H25N3O2/c1-16(27)17-6-8-19(9-7-17)25-23(28)15-26-12-10-18(11-13-26)21-14-24-22-5-3-2-4-20(21)22/h2-9,14,18,24H,10-13,15H2,1H3,(H,25,28). The number of nitrogens with zero attached hydrogens (tertiary/aromatic N) is 1. The molecule has 0 atom stereocenters. The molecule has 2 N–H and O–H groups in total. The number of anilines is 1. The molecule has 0 saturated carbocycles. The summed E-state index contributed by atoms with van der Waals surface area (Å²) in [6.07, 6.45) is 4.26. The molecule has 0 radical (unpaired) electrons. The second-order valence-corrected chi connectivity index (χ2v) is 7.52. The topological polar surface area (TPSA) is 65.2 Å². The molecule has 5 nitrogen and oxygen atoms in total. The number of carbonyl (C=O) groups excluding carboxylic acids is 2. The van der Waals surface area contributed by atoms with Gasteiger partial charge in [0.1, 0.15) is 0 Å². The van der Waals surface area contributed by atoms with Crippen LogP contribution in [0.15, 0.2) is 54.7 Å². The van der Waals surface area contributed by atoms with Gasteiger partial charge in [0.15, 0.2) is 5.78 Å². The molecule has 3 aromatic rings. The van der Waals surface area contributed by atoms with Crippen LogP contribution in [-0.2, 0) is 4.79 Å². The first-order valence-corrected chi connectivity index (χ1v) is 9.79. The van der Waals surface area contributed by atoms with E-state index in [1.165, 1.54) is 23.4 Å². The molecule has 0 spiro atoms. The Bertz CT molecular complexity index is 983. The molecular formula is C23H25N3O2. The molecule has 1 amide bonds. The summed E-state index contributed by atoms with van der Waals surface area (Å²) >= 11 is 0. The van der Waals surface area contributed by atoms with E-state index in [4.69, 9.17) is 0 Å². The first kappa shape index (κ1) is 18.4. The molecule has 1 fully saturated rings. The van der Waals surface area contributed by atoms with Gasteiger partial charge in [-0.2, -0.15) is 0 Å². The molecule has 0 unspecified atom stereocenters. The molecule has 2 heterocycles. The molecular weight excluding hydrogens is 350 g/mol. The minimum absolute atomic E-state index is 0.0129. The Balaban J connectivity index is 1.30. The van der Waals surface area contributed by atoms with Gasteiger partial charge in [0.2, 0.25) is 5.91 Å². The van der Waals surface area contributed by atoms with Crippen molar-refractivity contribution in [2.45, 2.75) is 25.7 Å². The van der Waals surface area contributed by atoms with Gasteiger partial charge in [-0.25, -0.2) is 0 Å². The van der Waals surface area contributed by atoms with Crippen molar-refractivity contribution in [2.24, 2.45) is 0 Å². The number of aromatic amines is 1. The van der Waals surface area contributed by atoms with Gasteiger partial charge in [0.25, 0.3) is 0 Å². The Morgan fingerprint density at radius 2 is 1.79 bits per heavy atom. The number of Topliss-reactive ketones (excluding diaryl/α,β-unsaturated/α-hetero) is 1.